The number of rotatable bonds is 3. The lowest BCUT2D eigenvalue weighted by Gasteiger charge is -2.18. The molecule has 1 aromatic heterocycles. The van der Waals surface area contributed by atoms with Crippen molar-refractivity contribution in [1.82, 2.24) is 0 Å². The fraction of sp³-hybridized carbons (Fsp3) is 0.286. The molecule has 0 aliphatic carbocycles. The molecule has 0 amide bonds. The number of benzene rings is 1. The summed E-state index contributed by atoms with van der Waals surface area (Å²) in [6, 6.07) is 12.1. The van der Waals surface area contributed by atoms with Crippen LogP contribution in [0.4, 0.5) is 0 Å². The van der Waals surface area contributed by atoms with Crippen LogP contribution in [-0.4, -0.2) is 5.11 Å². The summed E-state index contributed by atoms with van der Waals surface area (Å²) in [6.45, 7) is 4.06. The van der Waals surface area contributed by atoms with Gasteiger partial charge in [0, 0.05) is 4.88 Å². The van der Waals surface area contributed by atoms with E-state index in [0.717, 1.165) is 20.2 Å². The average molecular weight is 264 g/mol. The molecule has 0 fully saturated rings. The van der Waals surface area contributed by atoms with Crippen LogP contribution in [0.2, 0.25) is 0 Å². The van der Waals surface area contributed by atoms with E-state index in [0.29, 0.717) is 0 Å². The van der Waals surface area contributed by atoms with Gasteiger partial charge >= 0.3 is 0 Å². The molecule has 1 aromatic carbocycles. The molecule has 0 bridgehead atoms. The maximum Gasteiger partial charge on any atom is 0.0819 e. The van der Waals surface area contributed by atoms with Gasteiger partial charge in [-0.3, -0.25) is 0 Å². The van der Waals surface area contributed by atoms with Gasteiger partial charge in [-0.2, -0.15) is 0 Å². The Labute approximate surface area is 112 Å². The Kier molecular flexibility index (Phi) is 3.92. The zero-order chi connectivity index (χ0) is 12.4. The Morgan fingerprint density at radius 2 is 1.82 bits per heavy atom. The van der Waals surface area contributed by atoms with Gasteiger partial charge in [-0.25, -0.2) is 0 Å². The predicted molar refractivity (Wildman–Crippen MR) is 76.8 cm³/mol. The first-order chi connectivity index (χ1) is 8.09. The molecule has 0 saturated carbocycles. The third kappa shape index (κ3) is 2.73. The van der Waals surface area contributed by atoms with E-state index < -0.39 is 6.10 Å². The first-order valence-electron chi connectivity index (χ1n) is 5.65. The fourth-order valence-corrected chi connectivity index (χ4v) is 2.97. The average Bonchev–Trinajstić information content (AvgIpc) is 2.74. The molecule has 3 heteroatoms. The van der Waals surface area contributed by atoms with Crippen molar-refractivity contribution in [3.8, 4) is 10.4 Å². The number of thiol groups is 1. The van der Waals surface area contributed by atoms with Crippen molar-refractivity contribution in [2.75, 3.05) is 0 Å². The fourth-order valence-electron chi connectivity index (χ4n) is 1.81. The minimum atomic E-state index is -0.420. The minimum absolute atomic E-state index is 0.214. The summed E-state index contributed by atoms with van der Waals surface area (Å²) in [5.74, 6) is 0.214. The van der Waals surface area contributed by atoms with Crippen molar-refractivity contribution in [2.45, 2.75) is 24.2 Å². The van der Waals surface area contributed by atoms with Crippen molar-refractivity contribution in [1.29, 1.82) is 0 Å². The van der Waals surface area contributed by atoms with Crippen LogP contribution in [-0.2, 0) is 0 Å². The summed E-state index contributed by atoms with van der Waals surface area (Å²) < 4.78 is 0.994. The number of thiophene rings is 1. The summed E-state index contributed by atoms with van der Waals surface area (Å²) >= 11 is 5.98. The highest BCUT2D eigenvalue weighted by Crippen LogP contribution is 2.36. The molecule has 0 aliphatic rings. The van der Waals surface area contributed by atoms with Crippen LogP contribution in [0.3, 0.4) is 0 Å². The van der Waals surface area contributed by atoms with Crippen LogP contribution in [0.25, 0.3) is 10.4 Å². The third-order valence-electron chi connectivity index (χ3n) is 2.77. The predicted octanol–water partition coefficient (Wildman–Crippen LogP) is 4.39. The molecule has 1 unspecified atom stereocenters. The summed E-state index contributed by atoms with van der Waals surface area (Å²) in [4.78, 5) is 1.16. The van der Waals surface area contributed by atoms with E-state index in [1.807, 2.05) is 38.1 Å². The van der Waals surface area contributed by atoms with Crippen molar-refractivity contribution >= 4 is 24.0 Å². The lowest BCUT2D eigenvalue weighted by Crippen LogP contribution is -2.06. The van der Waals surface area contributed by atoms with Crippen LogP contribution >= 0.6 is 24.0 Å². The molecule has 0 aliphatic heterocycles. The third-order valence-corrected chi connectivity index (χ3v) is 4.11. The van der Waals surface area contributed by atoms with Crippen molar-refractivity contribution in [3.05, 3.63) is 42.0 Å². The molecular formula is C14H16OS2. The van der Waals surface area contributed by atoms with Crippen LogP contribution < -0.4 is 0 Å². The molecule has 1 N–H and O–H groups in total. The molecule has 0 radical (unpaired) electrons. The summed E-state index contributed by atoms with van der Waals surface area (Å²) in [6.07, 6.45) is -0.420. The van der Waals surface area contributed by atoms with Crippen molar-refractivity contribution in [3.63, 3.8) is 0 Å². The maximum absolute atomic E-state index is 10.2. The Morgan fingerprint density at radius 1 is 1.12 bits per heavy atom. The van der Waals surface area contributed by atoms with Gasteiger partial charge in [0.25, 0.3) is 0 Å². The molecule has 1 atom stereocenters. The molecule has 17 heavy (non-hydrogen) atoms. The first-order valence-corrected chi connectivity index (χ1v) is 6.92. The summed E-state index contributed by atoms with van der Waals surface area (Å²) in [7, 11) is 0. The minimum Gasteiger partial charge on any atom is -0.388 e. The van der Waals surface area contributed by atoms with Gasteiger partial charge in [-0.15, -0.1) is 24.0 Å². The van der Waals surface area contributed by atoms with E-state index in [2.05, 4.69) is 24.8 Å². The van der Waals surface area contributed by atoms with Crippen LogP contribution in [0.5, 0.6) is 0 Å². The van der Waals surface area contributed by atoms with E-state index in [1.165, 1.54) is 0 Å². The van der Waals surface area contributed by atoms with Gasteiger partial charge in [-0.05, 0) is 29.2 Å². The monoisotopic (exact) mass is 264 g/mol. The maximum atomic E-state index is 10.2. The highest BCUT2D eigenvalue weighted by atomic mass is 32.2. The lowest BCUT2D eigenvalue weighted by molar-refractivity contribution is 0.127. The van der Waals surface area contributed by atoms with E-state index >= 15 is 0 Å². The smallest absolute Gasteiger partial charge is 0.0819 e. The van der Waals surface area contributed by atoms with E-state index in [-0.39, 0.29) is 5.92 Å². The van der Waals surface area contributed by atoms with Gasteiger partial charge in [-0.1, -0.05) is 38.1 Å². The molecule has 2 rings (SSSR count). The van der Waals surface area contributed by atoms with E-state index in [1.54, 1.807) is 11.3 Å². The summed E-state index contributed by atoms with van der Waals surface area (Å²) in [5, 5.41) is 10.2. The van der Waals surface area contributed by atoms with E-state index in [4.69, 9.17) is 0 Å². The Balaban J connectivity index is 2.47. The van der Waals surface area contributed by atoms with Crippen LogP contribution in [0.1, 0.15) is 25.5 Å². The van der Waals surface area contributed by atoms with Crippen LogP contribution in [0, 0.1) is 5.92 Å². The van der Waals surface area contributed by atoms with Gasteiger partial charge < -0.3 is 5.11 Å². The molecule has 1 heterocycles. The Bertz CT molecular complexity index is 502. The first kappa shape index (κ1) is 12.7. The second-order valence-electron chi connectivity index (χ2n) is 4.41. The molecule has 90 valence electrons. The number of hydrogen-bond acceptors (Lipinski definition) is 3. The molecular weight excluding hydrogens is 248 g/mol. The Hall–Kier alpha value is -0.770. The topological polar surface area (TPSA) is 20.2 Å². The number of aliphatic hydroxyl groups is 1. The second kappa shape index (κ2) is 5.25. The van der Waals surface area contributed by atoms with Crippen molar-refractivity contribution < 1.29 is 5.11 Å². The SMILES string of the molecule is CC(C)C(O)c1ccccc1-c1ccc(S)s1. The zero-order valence-electron chi connectivity index (χ0n) is 9.92. The largest absolute Gasteiger partial charge is 0.388 e. The molecule has 1 nitrogen and oxygen atoms in total. The standard InChI is InChI=1S/C14H16OS2/c1-9(2)14(15)11-6-4-3-5-10(11)12-7-8-13(16)17-12/h3-9,14-16H,1-2H3. The number of aliphatic hydroxyl groups excluding tert-OH is 1. The van der Waals surface area contributed by atoms with Crippen molar-refractivity contribution in [2.24, 2.45) is 5.92 Å². The molecule has 2 aromatic rings. The quantitative estimate of drug-likeness (QED) is 0.788. The molecule has 0 saturated heterocycles. The highest BCUT2D eigenvalue weighted by Gasteiger charge is 2.17. The number of hydrogen-bond donors (Lipinski definition) is 2. The lowest BCUT2D eigenvalue weighted by atomic mass is 9.94. The van der Waals surface area contributed by atoms with Gasteiger partial charge in [0.15, 0.2) is 0 Å². The van der Waals surface area contributed by atoms with E-state index in [9.17, 15) is 5.11 Å². The zero-order valence-corrected chi connectivity index (χ0v) is 11.6. The normalized spacial score (nSPS) is 13.0. The highest BCUT2D eigenvalue weighted by molar-refractivity contribution is 7.83. The molecule has 0 spiro atoms. The van der Waals surface area contributed by atoms with Crippen LogP contribution in [0.15, 0.2) is 40.6 Å². The second-order valence-corrected chi connectivity index (χ2v) is 6.28. The summed E-state index contributed by atoms with van der Waals surface area (Å²) in [5.41, 5.74) is 2.11. The van der Waals surface area contributed by atoms with Gasteiger partial charge in [0.1, 0.15) is 0 Å². The van der Waals surface area contributed by atoms with Gasteiger partial charge in [0.2, 0.25) is 0 Å². The van der Waals surface area contributed by atoms with Gasteiger partial charge in [0.05, 0.1) is 10.3 Å². The Morgan fingerprint density at radius 3 is 2.41 bits per heavy atom.